The van der Waals surface area contributed by atoms with Gasteiger partial charge in [0.25, 0.3) is 0 Å². The zero-order chi connectivity index (χ0) is 14.3. The molecule has 0 aliphatic heterocycles. The lowest BCUT2D eigenvalue weighted by molar-refractivity contribution is -0.121. The molecule has 1 unspecified atom stereocenters. The Bertz CT molecular complexity index is 432. The number of halogens is 1. The summed E-state index contributed by atoms with van der Waals surface area (Å²) in [6, 6.07) is 7.45. The van der Waals surface area contributed by atoms with E-state index in [4.69, 9.17) is 0 Å². The molecule has 0 saturated carbocycles. The van der Waals surface area contributed by atoms with Crippen LogP contribution in [0.5, 0.6) is 0 Å². The van der Waals surface area contributed by atoms with Crippen molar-refractivity contribution in [2.24, 2.45) is 5.92 Å². The predicted octanol–water partition coefficient (Wildman–Crippen LogP) is 3.11. The summed E-state index contributed by atoms with van der Waals surface area (Å²) in [5.74, 6) is 1.03. The van der Waals surface area contributed by atoms with Crippen LogP contribution < -0.4 is 5.32 Å². The van der Waals surface area contributed by atoms with Crippen molar-refractivity contribution >= 4 is 32.6 Å². The van der Waals surface area contributed by atoms with Gasteiger partial charge in [-0.1, -0.05) is 29.8 Å². The van der Waals surface area contributed by atoms with E-state index in [1.54, 1.807) is 0 Å². The predicted molar refractivity (Wildman–Crippen MR) is 82.5 cm³/mol. The Kier molecular flexibility index (Phi) is 7.31. The molecule has 0 fully saturated rings. The highest BCUT2D eigenvalue weighted by atomic mass is 79.9. The highest BCUT2D eigenvalue weighted by molar-refractivity contribution is 9.10. The summed E-state index contributed by atoms with van der Waals surface area (Å²) in [6.07, 6.45) is 1.08. The fraction of sp³-hybridized carbons (Fsp3) is 0.500. The standard InChI is InChI=1S/C14H20BrNO2S/c1-11(2)10-16-14(17)4-3-9-19(18)13-7-5-12(15)6-8-13/h5-8,11H,3-4,9-10H2,1-2H3,(H,16,17). The lowest BCUT2D eigenvalue weighted by atomic mass is 10.2. The highest BCUT2D eigenvalue weighted by Gasteiger charge is 2.06. The van der Waals surface area contributed by atoms with Gasteiger partial charge in [0.2, 0.25) is 5.91 Å². The summed E-state index contributed by atoms with van der Waals surface area (Å²) in [5.41, 5.74) is 0. The number of carbonyl (C=O) groups excluding carboxylic acids is 1. The second kappa shape index (κ2) is 8.48. The smallest absolute Gasteiger partial charge is 0.220 e. The van der Waals surface area contributed by atoms with Crippen LogP contribution in [0.2, 0.25) is 0 Å². The highest BCUT2D eigenvalue weighted by Crippen LogP contribution is 2.14. The molecule has 106 valence electrons. The van der Waals surface area contributed by atoms with E-state index in [0.29, 0.717) is 31.1 Å². The fourth-order valence-electron chi connectivity index (χ4n) is 1.47. The van der Waals surface area contributed by atoms with Gasteiger partial charge >= 0.3 is 0 Å². The molecule has 1 aromatic carbocycles. The molecule has 3 nitrogen and oxygen atoms in total. The van der Waals surface area contributed by atoms with Crippen LogP contribution in [-0.4, -0.2) is 22.4 Å². The van der Waals surface area contributed by atoms with Crippen LogP contribution in [0.1, 0.15) is 26.7 Å². The number of amides is 1. The van der Waals surface area contributed by atoms with Crippen LogP contribution in [-0.2, 0) is 15.6 Å². The van der Waals surface area contributed by atoms with Crippen LogP contribution in [0.25, 0.3) is 0 Å². The molecule has 0 heterocycles. The van der Waals surface area contributed by atoms with Gasteiger partial charge in [0.05, 0.1) is 10.8 Å². The van der Waals surface area contributed by atoms with Gasteiger partial charge in [-0.3, -0.25) is 9.00 Å². The van der Waals surface area contributed by atoms with E-state index in [1.165, 1.54) is 0 Å². The minimum absolute atomic E-state index is 0.0431. The molecule has 0 saturated heterocycles. The number of hydrogen-bond acceptors (Lipinski definition) is 2. The average Bonchev–Trinajstić information content (AvgIpc) is 2.37. The molecule has 0 aromatic heterocycles. The van der Waals surface area contributed by atoms with Crippen molar-refractivity contribution in [1.82, 2.24) is 5.32 Å². The monoisotopic (exact) mass is 345 g/mol. The van der Waals surface area contributed by atoms with Gasteiger partial charge in [-0.25, -0.2) is 0 Å². The van der Waals surface area contributed by atoms with Gasteiger partial charge < -0.3 is 5.32 Å². The van der Waals surface area contributed by atoms with Crippen molar-refractivity contribution in [1.29, 1.82) is 0 Å². The van der Waals surface area contributed by atoms with E-state index in [9.17, 15) is 9.00 Å². The van der Waals surface area contributed by atoms with E-state index in [1.807, 2.05) is 24.3 Å². The SMILES string of the molecule is CC(C)CNC(=O)CCCS(=O)c1ccc(Br)cc1. The minimum Gasteiger partial charge on any atom is -0.356 e. The Morgan fingerprint density at radius 1 is 1.32 bits per heavy atom. The maximum absolute atomic E-state index is 12.0. The maximum atomic E-state index is 12.0. The van der Waals surface area contributed by atoms with Crippen LogP contribution in [0.4, 0.5) is 0 Å². The third-order valence-electron chi connectivity index (χ3n) is 2.52. The molecule has 19 heavy (non-hydrogen) atoms. The largest absolute Gasteiger partial charge is 0.356 e. The van der Waals surface area contributed by atoms with E-state index in [0.717, 1.165) is 9.37 Å². The zero-order valence-corrected chi connectivity index (χ0v) is 13.7. The van der Waals surface area contributed by atoms with Crippen LogP contribution in [0, 0.1) is 5.92 Å². The molecular formula is C14H20BrNO2S. The van der Waals surface area contributed by atoms with Gasteiger partial charge in [-0.05, 0) is 36.6 Å². The molecule has 1 atom stereocenters. The molecule has 0 aliphatic carbocycles. The van der Waals surface area contributed by atoms with E-state index in [2.05, 4.69) is 35.1 Å². The summed E-state index contributed by atoms with van der Waals surface area (Å²) in [5, 5.41) is 2.86. The third kappa shape index (κ3) is 6.87. The Morgan fingerprint density at radius 2 is 1.95 bits per heavy atom. The first-order chi connectivity index (χ1) is 8.99. The quantitative estimate of drug-likeness (QED) is 0.825. The molecule has 5 heteroatoms. The van der Waals surface area contributed by atoms with Gasteiger partial charge in [0.15, 0.2) is 0 Å². The molecule has 0 bridgehead atoms. The van der Waals surface area contributed by atoms with Crippen molar-refractivity contribution in [3.05, 3.63) is 28.7 Å². The molecular weight excluding hydrogens is 326 g/mol. The van der Waals surface area contributed by atoms with Gasteiger partial charge in [0, 0.05) is 28.1 Å². The topological polar surface area (TPSA) is 46.2 Å². The summed E-state index contributed by atoms with van der Waals surface area (Å²) in [4.78, 5) is 12.3. The summed E-state index contributed by atoms with van der Waals surface area (Å²) >= 11 is 3.34. The van der Waals surface area contributed by atoms with Crippen molar-refractivity contribution in [3.63, 3.8) is 0 Å². The van der Waals surface area contributed by atoms with Crippen LogP contribution in [0.15, 0.2) is 33.6 Å². The van der Waals surface area contributed by atoms with E-state index in [-0.39, 0.29) is 5.91 Å². The number of rotatable bonds is 7. The Balaban J connectivity index is 2.27. The molecule has 1 amide bonds. The van der Waals surface area contributed by atoms with Gasteiger partial charge in [0.1, 0.15) is 0 Å². The lowest BCUT2D eigenvalue weighted by Gasteiger charge is -2.07. The van der Waals surface area contributed by atoms with E-state index < -0.39 is 10.8 Å². The first-order valence-corrected chi connectivity index (χ1v) is 8.51. The van der Waals surface area contributed by atoms with Crippen molar-refractivity contribution in [2.45, 2.75) is 31.6 Å². The van der Waals surface area contributed by atoms with Crippen LogP contribution in [0.3, 0.4) is 0 Å². The van der Waals surface area contributed by atoms with Crippen molar-refractivity contribution < 1.29 is 9.00 Å². The second-order valence-electron chi connectivity index (χ2n) is 4.81. The molecule has 1 aromatic rings. The Morgan fingerprint density at radius 3 is 2.53 bits per heavy atom. The summed E-state index contributed by atoms with van der Waals surface area (Å²) in [6.45, 7) is 4.82. The first-order valence-electron chi connectivity index (χ1n) is 6.39. The molecule has 1 N–H and O–H groups in total. The number of nitrogens with one attached hydrogen (secondary N) is 1. The van der Waals surface area contributed by atoms with E-state index >= 15 is 0 Å². The summed E-state index contributed by atoms with van der Waals surface area (Å²) < 4.78 is 12.9. The number of benzene rings is 1. The molecule has 0 spiro atoms. The molecule has 1 rings (SSSR count). The van der Waals surface area contributed by atoms with Crippen molar-refractivity contribution in [2.75, 3.05) is 12.3 Å². The Hall–Kier alpha value is -0.680. The molecule has 0 aliphatic rings. The van der Waals surface area contributed by atoms with Crippen molar-refractivity contribution in [3.8, 4) is 0 Å². The number of carbonyl (C=O) groups is 1. The normalized spacial score (nSPS) is 12.4. The zero-order valence-electron chi connectivity index (χ0n) is 11.3. The third-order valence-corrected chi connectivity index (χ3v) is 4.50. The maximum Gasteiger partial charge on any atom is 0.220 e. The van der Waals surface area contributed by atoms with Gasteiger partial charge in [-0.2, -0.15) is 0 Å². The minimum atomic E-state index is -1.02. The van der Waals surface area contributed by atoms with Gasteiger partial charge in [-0.15, -0.1) is 0 Å². The summed E-state index contributed by atoms with van der Waals surface area (Å²) in [7, 11) is -1.02. The Labute approximate surface area is 125 Å². The fourth-order valence-corrected chi connectivity index (χ4v) is 2.82. The number of hydrogen-bond donors (Lipinski definition) is 1. The van der Waals surface area contributed by atoms with Crippen LogP contribution >= 0.6 is 15.9 Å². The first kappa shape index (κ1) is 16.4. The average molecular weight is 346 g/mol. The lowest BCUT2D eigenvalue weighted by Crippen LogP contribution is -2.27. The second-order valence-corrected chi connectivity index (χ2v) is 7.29. The molecule has 0 radical (unpaired) electrons.